The van der Waals surface area contributed by atoms with E-state index in [1.54, 1.807) is 0 Å². The molecule has 2 atom stereocenters. The van der Waals surface area contributed by atoms with Crippen LogP contribution in [0.5, 0.6) is 0 Å². The largest absolute Gasteiger partial charge is 0.321 e. The Morgan fingerprint density at radius 1 is 1.19 bits per heavy atom. The van der Waals surface area contributed by atoms with E-state index in [0.29, 0.717) is 5.92 Å². The zero-order valence-corrected chi connectivity index (χ0v) is 13.4. The zero-order valence-electron chi connectivity index (χ0n) is 13.4. The fourth-order valence-electron chi connectivity index (χ4n) is 4.10. The standard InChI is InChI=1S/C19H26N2/c1-18(2,3)17-8-4-5-11-19(17,20)15-10-9-14-7-6-12-21-16(14)13-15/h6-7,9-10,12-13,17H,4-5,8,11,20H2,1-3H3. The zero-order chi connectivity index (χ0) is 15.1. The smallest absolute Gasteiger partial charge is 0.0705 e. The van der Waals surface area contributed by atoms with E-state index < -0.39 is 0 Å². The molecule has 2 heteroatoms. The first-order valence-corrected chi connectivity index (χ1v) is 8.05. The Morgan fingerprint density at radius 3 is 2.76 bits per heavy atom. The van der Waals surface area contributed by atoms with Crippen LogP contribution in [0, 0.1) is 11.3 Å². The summed E-state index contributed by atoms with van der Waals surface area (Å²) in [5, 5.41) is 1.19. The van der Waals surface area contributed by atoms with Gasteiger partial charge in [0.1, 0.15) is 0 Å². The number of aromatic nitrogens is 1. The number of pyridine rings is 1. The van der Waals surface area contributed by atoms with Crippen LogP contribution in [0.15, 0.2) is 36.5 Å². The molecule has 1 aromatic heterocycles. The van der Waals surface area contributed by atoms with Crippen molar-refractivity contribution in [2.75, 3.05) is 0 Å². The van der Waals surface area contributed by atoms with Gasteiger partial charge in [-0.25, -0.2) is 0 Å². The molecule has 2 nitrogen and oxygen atoms in total. The minimum atomic E-state index is -0.220. The van der Waals surface area contributed by atoms with Gasteiger partial charge in [0.15, 0.2) is 0 Å². The predicted octanol–water partition coefficient (Wildman–Crippen LogP) is 4.63. The molecule has 0 spiro atoms. The lowest BCUT2D eigenvalue weighted by molar-refractivity contribution is 0.0779. The van der Waals surface area contributed by atoms with Crippen LogP contribution in [0.4, 0.5) is 0 Å². The second kappa shape index (κ2) is 5.10. The van der Waals surface area contributed by atoms with Gasteiger partial charge in [0.2, 0.25) is 0 Å². The van der Waals surface area contributed by atoms with Crippen molar-refractivity contribution in [3.8, 4) is 0 Å². The van der Waals surface area contributed by atoms with Gasteiger partial charge in [-0.15, -0.1) is 0 Å². The lowest BCUT2D eigenvalue weighted by atomic mass is 9.60. The van der Waals surface area contributed by atoms with Crippen LogP contribution in [-0.4, -0.2) is 4.98 Å². The van der Waals surface area contributed by atoms with E-state index in [1.807, 2.05) is 12.3 Å². The van der Waals surface area contributed by atoms with E-state index in [-0.39, 0.29) is 11.0 Å². The molecule has 2 unspecified atom stereocenters. The topological polar surface area (TPSA) is 38.9 Å². The van der Waals surface area contributed by atoms with E-state index in [9.17, 15) is 0 Å². The summed E-state index contributed by atoms with van der Waals surface area (Å²) in [4.78, 5) is 4.50. The Labute approximate surface area is 127 Å². The highest BCUT2D eigenvalue weighted by atomic mass is 14.8. The molecule has 21 heavy (non-hydrogen) atoms. The van der Waals surface area contributed by atoms with Crippen molar-refractivity contribution in [2.24, 2.45) is 17.1 Å². The molecule has 0 aliphatic heterocycles. The second-order valence-corrected chi connectivity index (χ2v) is 7.62. The van der Waals surface area contributed by atoms with Crippen molar-refractivity contribution in [3.05, 3.63) is 42.1 Å². The quantitative estimate of drug-likeness (QED) is 0.828. The van der Waals surface area contributed by atoms with E-state index in [4.69, 9.17) is 5.73 Å². The lowest BCUT2D eigenvalue weighted by Gasteiger charge is -2.48. The lowest BCUT2D eigenvalue weighted by Crippen LogP contribution is -2.51. The molecule has 2 N–H and O–H groups in total. The van der Waals surface area contributed by atoms with Crippen LogP contribution in [0.3, 0.4) is 0 Å². The van der Waals surface area contributed by atoms with Crippen molar-refractivity contribution in [2.45, 2.75) is 52.0 Å². The van der Waals surface area contributed by atoms with E-state index in [2.05, 4.69) is 50.0 Å². The van der Waals surface area contributed by atoms with Crippen molar-refractivity contribution >= 4 is 10.9 Å². The van der Waals surface area contributed by atoms with Gasteiger partial charge in [0, 0.05) is 17.1 Å². The minimum absolute atomic E-state index is 0.220. The molecule has 1 heterocycles. The predicted molar refractivity (Wildman–Crippen MR) is 89.0 cm³/mol. The van der Waals surface area contributed by atoms with Gasteiger partial charge < -0.3 is 5.73 Å². The molecule has 1 saturated carbocycles. The number of hydrogen-bond acceptors (Lipinski definition) is 2. The van der Waals surface area contributed by atoms with Gasteiger partial charge in [-0.05, 0) is 41.9 Å². The third-order valence-corrected chi connectivity index (χ3v) is 5.14. The summed E-state index contributed by atoms with van der Waals surface area (Å²) in [7, 11) is 0. The van der Waals surface area contributed by atoms with Gasteiger partial charge in [0.05, 0.1) is 5.52 Å². The van der Waals surface area contributed by atoms with Crippen molar-refractivity contribution in [1.82, 2.24) is 4.98 Å². The Morgan fingerprint density at radius 2 is 2.00 bits per heavy atom. The first-order chi connectivity index (χ1) is 9.91. The monoisotopic (exact) mass is 282 g/mol. The van der Waals surface area contributed by atoms with E-state index >= 15 is 0 Å². The number of nitrogens with zero attached hydrogens (tertiary/aromatic N) is 1. The molecule has 1 aromatic carbocycles. The molecule has 3 rings (SSSR count). The van der Waals surface area contributed by atoms with Gasteiger partial charge in [0.25, 0.3) is 0 Å². The Kier molecular flexibility index (Phi) is 3.53. The summed E-state index contributed by atoms with van der Waals surface area (Å²) in [6.07, 6.45) is 6.68. The summed E-state index contributed by atoms with van der Waals surface area (Å²) in [6.45, 7) is 6.97. The molecule has 112 valence electrons. The summed E-state index contributed by atoms with van der Waals surface area (Å²) >= 11 is 0. The number of nitrogens with two attached hydrogens (primary N) is 1. The Balaban J connectivity index is 2.08. The van der Waals surface area contributed by atoms with E-state index in [0.717, 1.165) is 11.9 Å². The van der Waals surface area contributed by atoms with Crippen molar-refractivity contribution in [1.29, 1.82) is 0 Å². The summed E-state index contributed by atoms with van der Waals surface area (Å²) < 4.78 is 0. The second-order valence-electron chi connectivity index (χ2n) is 7.62. The highest BCUT2D eigenvalue weighted by Crippen LogP contribution is 2.48. The maximum atomic E-state index is 6.97. The van der Waals surface area contributed by atoms with Gasteiger partial charge in [-0.2, -0.15) is 0 Å². The van der Waals surface area contributed by atoms with Gasteiger partial charge in [-0.3, -0.25) is 4.98 Å². The third-order valence-electron chi connectivity index (χ3n) is 5.14. The van der Waals surface area contributed by atoms with Crippen LogP contribution in [0.25, 0.3) is 10.9 Å². The molecule has 1 aliphatic rings. The van der Waals surface area contributed by atoms with Gasteiger partial charge >= 0.3 is 0 Å². The average Bonchev–Trinajstić information content (AvgIpc) is 2.46. The van der Waals surface area contributed by atoms with Crippen molar-refractivity contribution < 1.29 is 0 Å². The Bertz CT molecular complexity index is 641. The average molecular weight is 282 g/mol. The first kappa shape index (κ1) is 14.5. The molecule has 0 radical (unpaired) electrons. The highest BCUT2D eigenvalue weighted by molar-refractivity contribution is 5.79. The first-order valence-electron chi connectivity index (χ1n) is 8.05. The van der Waals surface area contributed by atoms with Crippen LogP contribution in [-0.2, 0) is 5.54 Å². The fourth-order valence-corrected chi connectivity index (χ4v) is 4.10. The summed E-state index contributed by atoms with van der Waals surface area (Å²) in [6, 6.07) is 10.7. The molecule has 2 aromatic rings. The number of fused-ring (bicyclic) bond motifs is 1. The maximum absolute atomic E-state index is 6.97. The molecule has 0 amide bonds. The molecular weight excluding hydrogens is 256 g/mol. The third kappa shape index (κ3) is 2.57. The van der Waals surface area contributed by atoms with Crippen LogP contribution >= 0.6 is 0 Å². The molecule has 1 aliphatic carbocycles. The molecular formula is C19H26N2. The molecule has 1 fully saturated rings. The fraction of sp³-hybridized carbons (Fsp3) is 0.526. The van der Waals surface area contributed by atoms with Crippen LogP contribution < -0.4 is 5.73 Å². The van der Waals surface area contributed by atoms with Crippen LogP contribution in [0.2, 0.25) is 0 Å². The normalized spacial score (nSPS) is 27.0. The molecule has 0 saturated heterocycles. The summed E-state index contributed by atoms with van der Waals surface area (Å²) in [5.41, 5.74) is 9.30. The summed E-state index contributed by atoms with van der Waals surface area (Å²) in [5.74, 6) is 0.514. The Hall–Kier alpha value is -1.41. The van der Waals surface area contributed by atoms with Crippen LogP contribution in [0.1, 0.15) is 52.0 Å². The number of hydrogen-bond donors (Lipinski definition) is 1. The highest BCUT2D eigenvalue weighted by Gasteiger charge is 2.44. The molecule has 0 bridgehead atoms. The number of benzene rings is 1. The SMILES string of the molecule is CC(C)(C)C1CCCCC1(N)c1ccc2cccnc2c1. The van der Waals surface area contributed by atoms with Gasteiger partial charge in [-0.1, -0.05) is 51.8 Å². The van der Waals surface area contributed by atoms with E-state index in [1.165, 1.54) is 30.2 Å². The maximum Gasteiger partial charge on any atom is 0.0705 e. The minimum Gasteiger partial charge on any atom is -0.321 e. The number of rotatable bonds is 1. The van der Waals surface area contributed by atoms with Crippen molar-refractivity contribution in [3.63, 3.8) is 0 Å².